The Hall–Kier alpha value is -3.38. The summed E-state index contributed by atoms with van der Waals surface area (Å²) in [6.07, 6.45) is 9.47. The second-order valence-electron chi connectivity index (χ2n) is 8.49. The molecule has 0 spiro atoms. The van der Waals surface area contributed by atoms with Crippen LogP contribution in [-0.2, 0) is 16.6 Å². The largest absolute Gasteiger partial charge is 0.388 e. The summed E-state index contributed by atoms with van der Waals surface area (Å²) in [5.41, 5.74) is 2.10. The molecule has 5 rings (SSSR count). The molecule has 4 aromatic heterocycles. The third-order valence-corrected chi connectivity index (χ3v) is 7.91. The molecule has 4 heterocycles. The predicted molar refractivity (Wildman–Crippen MR) is 127 cm³/mol. The van der Waals surface area contributed by atoms with E-state index in [4.69, 9.17) is 0 Å². The molecule has 178 valence electrons. The second-order valence-corrected chi connectivity index (χ2v) is 10.6. The number of aromatic nitrogens is 7. The van der Waals surface area contributed by atoms with Crippen molar-refractivity contribution in [3.05, 3.63) is 42.7 Å². The standard InChI is InChI=1S/C22H26N8O3S/c1-3-4-14(2)30-18-9-20(24-11-17(18)26-21(30)13-31)27-19-7-8-23-22(28-19)15-10-25-29(12-15)34(32,33)16-5-6-16/h7-12,14,16,31H,3-6,13H2,1-2H3,(H,23,24,27,28). The third kappa shape index (κ3) is 4.14. The molecule has 0 radical (unpaired) electrons. The van der Waals surface area contributed by atoms with E-state index in [2.05, 4.69) is 44.2 Å². The fourth-order valence-corrected chi connectivity index (χ4v) is 5.52. The van der Waals surface area contributed by atoms with Crippen LogP contribution in [-0.4, -0.2) is 52.5 Å². The van der Waals surface area contributed by atoms with Gasteiger partial charge in [-0.3, -0.25) is 0 Å². The van der Waals surface area contributed by atoms with Crippen LogP contribution in [0.25, 0.3) is 22.4 Å². The molecule has 0 aliphatic heterocycles. The van der Waals surface area contributed by atoms with E-state index in [0.717, 1.165) is 22.4 Å². The van der Waals surface area contributed by atoms with Gasteiger partial charge >= 0.3 is 0 Å². The van der Waals surface area contributed by atoms with Crippen molar-refractivity contribution in [1.29, 1.82) is 0 Å². The van der Waals surface area contributed by atoms with Crippen molar-refractivity contribution < 1.29 is 13.5 Å². The second kappa shape index (κ2) is 8.76. The van der Waals surface area contributed by atoms with Crippen LogP contribution in [0.2, 0.25) is 0 Å². The highest BCUT2D eigenvalue weighted by atomic mass is 32.2. The van der Waals surface area contributed by atoms with Gasteiger partial charge in [-0.15, -0.1) is 0 Å². The number of hydrogen-bond acceptors (Lipinski definition) is 9. The first kappa shape index (κ1) is 22.4. The quantitative estimate of drug-likeness (QED) is 0.368. The highest BCUT2D eigenvalue weighted by Crippen LogP contribution is 2.30. The number of nitrogens with one attached hydrogen (secondary N) is 1. The molecule has 0 aromatic carbocycles. The zero-order chi connectivity index (χ0) is 23.9. The van der Waals surface area contributed by atoms with Crippen LogP contribution >= 0.6 is 0 Å². The van der Waals surface area contributed by atoms with E-state index in [0.29, 0.717) is 47.2 Å². The maximum Gasteiger partial charge on any atom is 0.256 e. The van der Waals surface area contributed by atoms with E-state index in [9.17, 15) is 13.5 Å². The summed E-state index contributed by atoms with van der Waals surface area (Å²) in [7, 11) is -3.45. The average molecular weight is 483 g/mol. The van der Waals surface area contributed by atoms with E-state index in [1.807, 2.05) is 10.6 Å². The Kier molecular flexibility index (Phi) is 5.78. The van der Waals surface area contributed by atoms with Crippen LogP contribution in [0.15, 0.2) is 36.9 Å². The summed E-state index contributed by atoms with van der Waals surface area (Å²) >= 11 is 0. The Morgan fingerprint density at radius 3 is 2.76 bits per heavy atom. The minimum Gasteiger partial charge on any atom is -0.388 e. The topological polar surface area (TPSA) is 141 Å². The number of hydrogen-bond donors (Lipinski definition) is 2. The molecule has 1 fully saturated rings. The van der Waals surface area contributed by atoms with Crippen molar-refractivity contribution >= 4 is 32.7 Å². The molecule has 1 atom stereocenters. The molecular weight excluding hydrogens is 456 g/mol. The van der Waals surface area contributed by atoms with Gasteiger partial charge in [-0.25, -0.2) is 28.4 Å². The average Bonchev–Trinajstić information content (AvgIpc) is 3.45. The molecule has 4 aromatic rings. The van der Waals surface area contributed by atoms with E-state index in [1.165, 1.54) is 12.4 Å². The van der Waals surface area contributed by atoms with Gasteiger partial charge < -0.3 is 15.0 Å². The van der Waals surface area contributed by atoms with E-state index < -0.39 is 10.0 Å². The molecule has 11 nitrogen and oxygen atoms in total. The summed E-state index contributed by atoms with van der Waals surface area (Å²) < 4.78 is 27.9. The highest BCUT2D eigenvalue weighted by Gasteiger charge is 2.37. The van der Waals surface area contributed by atoms with Crippen molar-refractivity contribution in [2.75, 3.05) is 5.32 Å². The lowest BCUT2D eigenvalue weighted by Gasteiger charge is -2.16. The van der Waals surface area contributed by atoms with Crippen molar-refractivity contribution in [3.63, 3.8) is 0 Å². The van der Waals surface area contributed by atoms with Crippen molar-refractivity contribution in [3.8, 4) is 11.4 Å². The van der Waals surface area contributed by atoms with Gasteiger partial charge in [-0.1, -0.05) is 13.3 Å². The number of anilines is 2. The summed E-state index contributed by atoms with van der Waals surface area (Å²) in [6, 6.07) is 3.77. The van der Waals surface area contributed by atoms with Crippen molar-refractivity contribution in [1.82, 2.24) is 33.7 Å². The van der Waals surface area contributed by atoms with Crippen molar-refractivity contribution in [2.24, 2.45) is 0 Å². The number of aliphatic hydroxyl groups excluding tert-OH is 1. The van der Waals surface area contributed by atoms with Crippen molar-refractivity contribution in [2.45, 2.75) is 57.4 Å². The lowest BCUT2D eigenvalue weighted by Crippen LogP contribution is -2.17. The summed E-state index contributed by atoms with van der Waals surface area (Å²) in [4.78, 5) is 17.7. The van der Waals surface area contributed by atoms with E-state index >= 15 is 0 Å². The number of nitrogens with zero attached hydrogens (tertiary/aromatic N) is 7. The lowest BCUT2D eigenvalue weighted by atomic mass is 10.2. The molecular formula is C22H26N8O3S. The molecule has 0 amide bonds. The Bertz CT molecular complexity index is 1440. The summed E-state index contributed by atoms with van der Waals surface area (Å²) in [5.74, 6) is 2.04. The summed E-state index contributed by atoms with van der Waals surface area (Å²) in [6.45, 7) is 4.09. The zero-order valence-electron chi connectivity index (χ0n) is 19.0. The molecule has 0 saturated heterocycles. The zero-order valence-corrected chi connectivity index (χ0v) is 19.8. The Morgan fingerprint density at radius 2 is 2.03 bits per heavy atom. The van der Waals surface area contributed by atoms with Crippen LogP contribution in [0.5, 0.6) is 0 Å². The predicted octanol–water partition coefficient (Wildman–Crippen LogP) is 3.02. The van der Waals surface area contributed by atoms with Gasteiger partial charge in [0.1, 0.15) is 29.6 Å². The van der Waals surface area contributed by atoms with Crippen LogP contribution in [0.3, 0.4) is 0 Å². The minimum atomic E-state index is -3.45. The fraction of sp³-hybridized carbons (Fsp3) is 0.409. The van der Waals surface area contributed by atoms with Gasteiger partial charge in [0.2, 0.25) is 0 Å². The van der Waals surface area contributed by atoms with Crippen LogP contribution < -0.4 is 5.32 Å². The van der Waals surface area contributed by atoms with Gasteiger partial charge in [-0.2, -0.15) is 9.19 Å². The van der Waals surface area contributed by atoms with E-state index in [1.54, 1.807) is 18.5 Å². The minimum absolute atomic E-state index is 0.148. The SMILES string of the molecule is CCCC(C)n1c(CO)nc2cnc(Nc3ccnc(-c4cnn(S(=O)(=O)C5CC5)c4)n3)cc21. The normalized spacial score (nSPS) is 15.0. The van der Waals surface area contributed by atoms with Gasteiger partial charge in [-0.05, 0) is 32.3 Å². The number of imidazole rings is 1. The van der Waals surface area contributed by atoms with Crippen LogP contribution in [0.4, 0.5) is 11.6 Å². The van der Waals surface area contributed by atoms with Crippen LogP contribution in [0, 0.1) is 0 Å². The van der Waals surface area contributed by atoms with E-state index in [-0.39, 0.29) is 17.9 Å². The first-order valence-electron chi connectivity index (χ1n) is 11.3. The molecule has 0 bridgehead atoms. The number of pyridine rings is 1. The van der Waals surface area contributed by atoms with Gasteiger partial charge in [0.15, 0.2) is 5.82 Å². The summed E-state index contributed by atoms with van der Waals surface area (Å²) in [5, 5.41) is 16.6. The molecule has 1 aliphatic carbocycles. The number of aliphatic hydroxyl groups is 1. The third-order valence-electron chi connectivity index (χ3n) is 5.87. The monoisotopic (exact) mass is 482 g/mol. The molecule has 34 heavy (non-hydrogen) atoms. The molecule has 1 saturated carbocycles. The smallest absolute Gasteiger partial charge is 0.256 e. The Labute approximate surface area is 197 Å². The first-order valence-corrected chi connectivity index (χ1v) is 12.8. The Morgan fingerprint density at radius 1 is 1.21 bits per heavy atom. The van der Waals surface area contributed by atoms with Gasteiger partial charge in [0.25, 0.3) is 10.0 Å². The molecule has 12 heteroatoms. The van der Waals surface area contributed by atoms with Gasteiger partial charge in [0, 0.05) is 18.3 Å². The fourth-order valence-electron chi connectivity index (χ4n) is 4.04. The number of rotatable bonds is 9. The first-order chi connectivity index (χ1) is 16.4. The maximum atomic E-state index is 12.4. The molecule has 2 N–H and O–H groups in total. The Balaban J connectivity index is 1.43. The lowest BCUT2D eigenvalue weighted by molar-refractivity contribution is 0.261. The molecule has 1 aliphatic rings. The van der Waals surface area contributed by atoms with Gasteiger partial charge in [0.05, 0.1) is 34.9 Å². The maximum absolute atomic E-state index is 12.4. The van der Waals surface area contributed by atoms with Crippen LogP contribution in [0.1, 0.15) is 51.4 Å². The highest BCUT2D eigenvalue weighted by molar-refractivity contribution is 7.90. The molecule has 1 unspecified atom stereocenters. The number of fused-ring (bicyclic) bond motifs is 1.